The number of nitrogens with zero attached hydrogens (tertiary/aromatic N) is 2. The van der Waals surface area contributed by atoms with Crippen molar-refractivity contribution in [3.63, 3.8) is 0 Å². The Morgan fingerprint density at radius 3 is 2.40 bits per heavy atom. The first-order valence-electron chi connectivity index (χ1n) is 6.13. The second-order valence-corrected chi connectivity index (χ2v) is 6.48. The molecule has 0 aliphatic carbocycles. The van der Waals surface area contributed by atoms with E-state index in [1.165, 1.54) is 25.5 Å². The molecule has 0 heterocycles. The van der Waals surface area contributed by atoms with Crippen LogP contribution in [-0.4, -0.2) is 46.4 Å². The van der Waals surface area contributed by atoms with Crippen LogP contribution < -0.4 is 4.31 Å². The van der Waals surface area contributed by atoms with Gasteiger partial charge >= 0.3 is 16.2 Å². The summed E-state index contributed by atoms with van der Waals surface area (Å²) in [5.41, 5.74) is 1.47. The van der Waals surface area contributed by atoms with Gasteiger partial charge in [0.2, 0.25) is 0 Å². The van der Waals surface area contributed by atoms with Crippen LogP contribution >= 0.6 is 0 Å². The first-order valence-corrected chi connectivity index (χ1v) is 7.53. The summed E-state index contributed by atoms with van der Waals surface area (Å²) in [4.78, 5) is 11.1. The minimum atomic E-state index is -3.66. The Bertz CT molecular complexity index is 571. The number of esters is 1. The highest BCUT2D eigenvalue weighted by atomic mass is 32.2. The summed E-state index contributed by atoms with van der Waals surface area (Å²) in [6, 6.07) is 7.21. The molecule has 1 rings (SSSR count). The van der Waals surface area contributed by atoms with Gasteiger partial charge in [0.15, 0.2) is 0 Å². The number of methoxy groups -OCH3 is 1. The van der Waals surface area contributed by atoms with E-state index < -0.39 is 16.2 Å². The van der Waals surface area contributed by atoms with Gasteiger partial charge in [-0.05, 0) is 18.6 Å². The standard InChI is InChI=1S/C13H20N2O4S/c1-11-7-5-6-8-12(11)15(3)20(17,18)14(2)10-9-13(16)19-4/h5-8H,9-10H2,1-4H3. The molecular weight excluding hydrogens is 280 g/mol. The third-order valence-electron chi connectivity index (χ3n) is 3.05. The van der Waals surface area contributed by atoms with Crippen LogP contribution in [0.2, 0.25) is 0 Å². The molecule has 7 heteroatoms. The minimum Gasteiger partial charge on any atom is -0.469 e. The van der Waals surface area contributed by atoms with Gasteiger partial charge in [-0.1, -0.05) is 18.2 Å². The fraction of sp³-hybridized carbons (Fsp3) is 0.462. The van der Waals surface area contributed by atoms with Crippen molar-refractivity contribution < 1.29 is 17.9 Å². The molecule has 0 aliphatic heterocycles. The molecule has 0 saturated heterocycles. The maximum Gasteiger partial charge on any atom is 0.306 e. The lowest BCUT2D eigenvalue weighted by Crippen LogP contribution is -2.41. The summed E-state index contributed by atoms with van der Waals surface area (Å²) in [5.74, 6) is -0.439. The number of hydrogen-bond acceptors (Lipinski definition) is 4. The number of carbonyl (C=O) groups is 1. The maximum atomic E-state index is 12.4. The van der Waals surface area contributed by atoms with Crippen molar-refractivity contribution in [2.24, 2.45) is 0 Å². The lowest BCUT2D eigenvalue weighted by molar-refractivity contribution is -0.140. The van der Waals surface area contributed by atoms with E-state index >= 15 is 0 Å². The highest BCUT2D eigenvalue weighted by Gasteiger charge is 2.25. The maximum absolute atomic E-state index is 12.4. The van der Waals surface area contributed by atoms with E-state index in [0.717, 1.165) is 9.87 Å². The zero-order chi connectivity index (χ0) is 15.3. The fourth-order valence-electron chi connectivity index (χ4n) is 1.72. The third-order valence-corrected chi connectivity index (χ3v) is 4.91. The zero-order valence-corrected chi connectivity index (χ0v) is 13.0. The van der Waals surface area contributed by atoms with Crippen LogP contribution in [0.5, 0.6) is 0 Å². The van der Waals surface area contributed by atoms with Crippen LogP contribution in [0.1, 0.15) is 12.0 Å². The van der Waals surface area contributed by atoms with E-state index in [4.69, 9.17) is 0 Å². The van der Waals surface area contributed by atoms with Crippen LogP contribution in [0.3, 0.4) is 0 Å². The van der Waals surface area contributed by atoms with Crippen molar-refractivity contribution >= 4 is 21.9 Å². The van der Waals surface area contributed by atoms with Crippen LogP contribution in [0.4, 0.5) is 5.69 Å². The van der Waals surface area contributed by atoms with Crippen LogP contribution in [-0.2, 0) is 19.7 Å². The van der Waals surface area contributed by atoms with Crippen molar-refractivity contribution in [2.45, 2.75) is 13.3 Å². The monoisotopic (exact) mass is 300 g/mol. The van der Waals surface area contributed by atoms with Crippen molar-refractivity contribution in [1.82, 2.24) is 4.31 Å². The molecule has 0 atom stereocenters. The van der Waals surface area contributed by atoms with Gasteiger partial charge in [0.1, 0.15) is 0 Å². The Balaban J connectivity index is 2.87. The molecule has 1 aromatic rings. The quantitative estimate of drug-likeness (QED) is 0.740. The Labute approximate surface area is 120 Å². The summed E-state index contributed by atoms with van der Waals surface area (Å²) >= 11 is 0. The molecule has 0 aliphatic rings. The summed E-state index contributed by atoms with van der Waals surface area (Å²) in [7, 11) is 0.544. The van der Waals surface area contributed by atoms with Crippen molar-refractivity contribution in [3.8, 4) is 0 Å². The van der Waals surface area contributed by atoms with E-state index in [1.807, 2.05) is 19.1 Å². The first kappa shape index (κ1) is 16.5. The second-order valence-electron chi connectivity index (χ2n) is 4.41. The molecule has 0 radical (unpaired) electrons. The van der Waals surface area contributed by atoms with Gasteiger partial charge in [-0.15, -0.1) is 0 Å². The average molecular weight is 300 g/mol. The largest absolute Gasteiger partial charge is 0.469 e. The number of benzene rings is 1. The van der Waals surface area contributed by atoms with E-state index in [1.54, 1.807) is 12.1 Å². The van der Waals surface area contributed by atoms with E-state index in [0.29, 0.717) is 5.69 Å². The van der Waals surface area contributed by atoms with Gasteiger partial charge in [-0.25, -0.2) is 0 Å². The molecule has 0 amide bonds. The molecule has 0 N–H and O–H groups in total. The summed E-state index contributed by atoms with van der Waals surface area (Å²) < 4.78 is 31.6. The summed E-state index contributed by atoms with van der Waals surface area (Å²) in [6.07, 6.45) is 0.0217. The average Bonchev–Trinajstić information content (AvgIpc) is 2.43. The predicted octanol–water partition coefficient (Wildman–Crippen LogP) is 1.17. The van der Waals surface area contributed by atoms with E-state index in [-0.39, 0.29) is 13.0 Å². The molecular formula is C13H20N2O4S. The van der Waals surface area contributed by atoms with Crippen LogP contribution in [0.25, 0.3) is 0 Å². The Kier molecular flexibility index (Phi) is 5.52. The minimum absolute atomic E-state index is 0.0217. The van der Waals surface area contributed by atoms with Gasteiger partial charge in [0.05, 0.1) is 19.2 Å². The number of hydrogen-bond donors (Lipinski definition) is 0. The number of rotatable bonds is 6. The molecule has 0 spiro atoms. The lowest BCUT2D eigenvalue weighted by Gasteiger charge is -2.26. The van der Waals surface area contributed by atoms with Gasteiger partial charge in [0, 0.05) is 20.6 Å². The van der Waals surface area contributed by atoms with E-state index in [2.05, 4.69) is 4.74 Å². The molecule has 0 aromatic heterocycles. The van der Waals surface area contributed by atoms with E-state index in [9.17, 15) is 13.2 Å². The molecule has 0 bridgehead atoms. The van der Waals surface area contributed by atoms with Gasteiger partial charge < -0.3 is 4.74 Å². The third kappa shape index (κ3) is 3.71. The Morgan fingerprint density at radius 2 is 1.85 bits per heavy atom. The smallest absolute Gasteiger partial charge is 0.306 e. The summed E-state index contributed by atoms with van der Waals surface area (Å²) in [5, 5.41) is 0. The second kappa shape index (κ2) is 6.71. The summed E-state index contributed by atoms with van der Waals surface area (Å²) in [6.45, 7) is 1.92. The Hall–Kier alpha value is -1.60. The topological polar surface area (TPSA) is 66.9 Å². The lowest BCUT2D eigenvalue weighted by atomic mass is 10.2. The number of carbonyl (C=O) groups excluding carboxylic acids is 1. The highest BCUT2D eigenvalue weighted by Crippen LogP contribution is 2.21. The SMILES string of the molecule is COC(=O)CCN(C)S(=O)(=O)N(C)c1ccccc1C. The van der Waals surface area contributed by atoms with Crippen molar-refractivity contribution in [3.05, 3.63) is 29.8 Å². The number of anilines is 1. The molecule has 112 valence electrons. The number of ether oxygens (including phenoxy) is 1. The van der Waals surface area contributed by atoms with Gasteiger partial charge in [-0.2, -0.15) is 12.7 Å². The molecule has 6 nitrogen and oxygen atoms in total. The first-order chi connectivity index (χ1) is 9.30. The number of para-hydroxylation sites is 1. The highest BCUT2D eigenvalue weighted by molar-refractivity contribution is 7.90. The normalized spacial score (nSPS) is 11.4. The van der Waals surface area contributed by atoms with Crippen LogP contribution in [0, 0.1) is 6.92 Å². The number of aryl methyl sites for hydroxylation is 1. The van der Waals surface area contributed by atoms with Crippen molar-refractivity contribution in [2.75, 3.05) is 32.1 Å². The molecule has 0 unspecified atom stereocenters. The zero-order valence-electron chi connectivity index (χ0n) is 12.2. The molecule has 0 saturated carbocycles. The van der Waals surface area contributed by atoms with Crippen LogP contribution in [0.15, 0.2) is 24.3 Å². The van der Waals surface area contributed by atoms with Gasteiger partial charge in [0.25, 0.3) is 0 Å². The Morgan fingerprint density at radius 1 is 1.25 bits per heavy atom. The molecule has 0 fully saturated rings. The fourth-order valence-corrected chi connectivity index (χ4v) is 2.91. The van der Waals surface area contributed by atoms with Crippen molar-refractivity contribution in [1.29, 1.82) is 0 Å². The molecule has 20 heavy (non-hydrogen) atoms. The molecule has 1 aromatic carbocycles. The predicted molar refractivity (Wildman–Crippen MR) is 77.8 cm³/mol. The van der Waals surface area contributed by atoms with Gasteiger partial charge in [-0.3, -0.25) is 9.10 Å².